The lowest BCUT2D eigenvalue weighted by atomic mass is 10.1. The molecule has 0 aliphatic carbocycles. The second-order valence-electron chi connectivity index (χ2n) is 5.69. The van der Waals surface area contributed by atoms with Gasteiger partial charge >= 0.3 is 5.69 Å². The zero-order chi connectivity index (χ0) is 17.3. The van der Waals surface area contributed by atoms with Crippen molar-refractivity contribution in [3.8, 4) is 0 Å². The lowest BCUT2D eigenvalue weighted by molar-refractivity contribution is 0.108. The molecule has 3 rings (SSSR count). The summed E-state index contributed by atoms with van der Waals surface area (Å²) in [6.07, 6.45) is 1.22. The van der Waals surface area contributed by atoms with Crippen molar-refractivity contribution in [3.05, 3.63) is 58.2 Å². The first-order valence-corrected chi connectivity index (χ1v) is 7.89. The Morgan fingerprint density at radius 1 is 1.21 bits per heavy atom. The maximum absolute atomic E-state index is 12.3. The Kier molecular flexibility index (Phi) is 4.35. The van der Waals surface area contributed by atoms with E-state index in [0.717, 1.165) is 5.56 Å². The van der Waals surface area contributed by atoms with E-state index in [9.17, 15) is 9.90 Å². The molecule has 0 amide bonds. The van der Waals surface area contributed by atoms with Crippen LogP contribution in [0.25, 0.3) is 11.2 Å². The molecule has 1 unspecified atom stereocenters. The standard InChI is InChI=1S/C17H21N5O2/c1-4-18-15-14-16(21(3)17(24)20(15)2)19-11-22(14)13(23)10-12-8-6-5-7-9-12/h5-9,11,13,23H,4,10H2,1-3H3. The van der Waals surface area contributed by atoms with Crippen LogP contribution in [-0.4, -0.2) is 30.3 Å². The first-order chi connectivity index (χ1) is 11.5. The van der Waals surface area contributed by atoms with Gasteiger partial charge in [0.15, 0.2) is 11.1 Å². The molecule has 0 saturated heterocycles. The lowest BCUT2D eigenvalue weighted by Gasteiger charge is -2.14. The summed E-state index contributed by atoms with van der Waals surface area (Å²) in [5.41, 5.74) is 2.52. The molecule has 0 aliphatic heterocycles. The van der Waals surface area contributed by atoms with Gasteiger partial charge in [-0.2, -0.15) is 0 Å². The molecule has 0 spiro atoms. The third-order valence-corrected chi connectivity index (χ3v) is 4.09. The number of benzene rings is 1. The van der Waals surface area contributed by atoms with Crippen LogP contribution >= 0.6 is 0 Å². The number of aromatic nitrogens is 4. The SMILES string of the molecule is CCN=c1c2c(ncn2C(O)Cc2ccccc2)n(C)c(=O)n1C. The summed E-state index contributed by atoms with van der Waals surface area (Å²) in [7, 11) is 3.35. The van der Waals surface area contributed by atoms with Crippen molar-refractivity contribution in [1.82, 2.24) is 18.7 Å². The Morgan fingerprint density at radius 3 is 2.58 bits per heavy atom. The molecule has 3 aromatic rings. The molecule has 0 bridgehead atoms. The Bertz CT molecular complexity index is 982. The molecule has 2 heterocycles. The average Bonchev–Trinajstić information content (AvgIpc) is 3.02. The molecule has 0 aliphatic rings. The zero-order valence-corrected chi connectivity index (χ0v) is 14.0. The molecule has 1 atom stereocenters. The van der Waals surface area contributed by atoms with Crippen molar-refractivity contribution in [2.45, 2.75) is 19.6 Å². The van der Waals surface area contributed by atoms with Crippen molar-refractivity contribution in [2.24, 2.45) is 19.1 Å². The van der Waals surface area contributed by atoms with E-state index in [2.05, 4.69) is 9.98 Å². The van der Waals surface area contributed by atoms with Crippen LogP contribution in [0.4, 0.5) is 0 Å². The summed E-state index contributed by atoms with van der Waals surface area (Å²) in [6, 6.07) is 9.76. The Labute approximate surface area is 139 Å². The molecule has 126 valence electrons. The molecular formula is C17H21N5O2. The van der Waals surface area contributed by atoms with Gasteiger partial charge in [-0.05, 0) is 12.5 Å². The van der Waals surface area contributed by atoms with Crippen LogP contribution in [-0.2, 0) is 20.5 Å². The van der Waals surface area contributed by atoms with E-state index in [-0.39, 0.29) is 5.69 Å². The van der Waals surface area contributed by atoms with Gasteiger partial charge < -0.3 is 5.11 Å². The minimum atomic E-state index is -0.791. The van der Waals surface area contributed by atoms with Gasteiger partial charge in [0.1, 0.15) is 11.7 Å². The summed E-state index contributed by atoms with van der Waals surface area (Å²) in [5.74, 6) is 0. The predicted molar refractivity (Wildman–Crippen MR) is 91.5 cm³/mol. The molecule has 1 aromatic carbocycles. The molecule has 0 fully saturated rings. The molecule has 0 radical (unpaired) electrons. The quantitative estimate of drug-likeness (QED) is 0.767. The van der Waals surface area contributed by atoms with Crippen LogP contribution in [0, 0.1) is 0 Å². The third-order valence-electron chi connectivity index (χ3n) is 4.09. The Morgan fingerprint density at radius 2 is 1.92 bits per heavy atom. The van der Waals surface area contributed by atoms with Crippen molar-refractivity contribution in [3.63, 3.8) is 0 Å². The second-order valence-corrected chi connectivity index (χ2v) is 5.69. The van der Waals surface area contributed by atoms with E-state index in [4.69, 9.17) is 0 Å². The maximum Gasteiger partial charge on any atom is 0.330 e. The molecule has 24 heavy (non-hydrogen) atoms. The Hall–Kier alpha value is -2.67. The summed E-state index contributed by atoms with van der Waals surface area (Å²) >= 11 is 0. The molecule has 0 saturated carbocycles. The molecule has 1 N–H and O–H groups in total. The van der Waals surface area contributed by atoms with Gasteiger partial charge in [-0.1, -0.05) is 30.3 Å². The summed E-state index contributed by atoms with van der Waals surface area (Å²) in [6.45, 7) is 2.44. The monoisotopic (exact) mass is 327 g/mol. The molecular weight excluding hydrogens is 306 g/mol. The fourth-order valence-electron chi connectivity index (χ4n) is 2.86. The van der Waals surface area contributed by atoms with Gasteiger partial charge in [-0.3, -0.25) is 18.7 Å². The van der Waals surface area contributed by atoms with E-state index in [1.165, 1.54) is 9.13 Å². The van der Waals surface area contributed by atoms with Crippen LogP contribution in [0.2, 0.25) is 0 Å². The van der Waals surface area contributed by atoms with Gasteiger partial charge in [0.25, 0.3) is 0 Å². The number of fused-ring (bicyclic) bond motifs is 1. The topological polar surface area (TPSA) is 77.3 Å². The van der Waals surface area contributed by atoms with E-state index in [1.807, 2.05) is 37.3 Å². The lowest BCUT2D eigenvalue weighted by Crippen LogP contribution is -2.38. The summed E-state index contributed by atoms with van der Waals surface area (Å²) < 4.78 is 4.63. The van der Waals surface area contributed by atoms with Gasteiger partial charge in [-0.25, -0.2) is 9.78 Å². The fourth-order valence-corrected chi connectivity index (χ4v) is 2.86. The molecule has 7 heteroatoms. The average molecular weight is 327 g/mol. The van der Waals surface area contributed by atoms with E-state index < -0.39 is 6.23 Å². The van der Waals surface area contributed by atoms with Gasteiger partial charge in [0.2, 0.25) is 0 Å². The second kappa shape index (κ2) is 6.45. The minimum Gasteiger partial charge on any atom is -0.373 e. The highest BCUT2D eigenvalue weighted by Gasteiger charge is 2.17. The summed E-state index contributed by atoms with van der Waals surface area (Å²) in [5, 5.41) is 10.7. The van der Waals surface area contributed by atoms with Crippen molar-refractivity contribution >= 4 is 11.2 Å². The first kappa shape index (κ1) is 16.2. The van der Waals surface area contributed by atoms with Gasteiger partial charge in [0, 0.05) is 27.1 Å². The van der Waals surface area contributed by atoms with E-state index in [1.54, 1.807) is 25.0 Å². The van der Waals surface area contributed by atoms with Crippen molar-refractivity contribution < 1.29 is 5.11 Å². The predicted octanol–water partition coefficient (Wildman–Crippen LogP) is 0.728. The van der Waals surface area contributed by atoms with Crippen LogP contribution < -0.4 is 11.2 Å². The highest BCUT2D eigenvalue weighted by Crippen LogP contribution is 2.16. The minimum absolute atomic E-state index is 0.197. The van der Waals surface area contributed by atoms with Crippen LogP contribution in [0.3, 0.4) is 0 Å². The smallest absolute Gasteiger partial charge is 0.330 e. The van der Waals surface area contributed by atoms with Crippen molar-refractivity contribution in [1.29, 1.82) is 0 Å². The highest BCUT2D eigenvalue weighted by atomic mass is 16.3. The van der Waals surface area contributed by atoms with Crippen LogP contribution in [0.15, 0.2) is 46.4 Å². The van der Waals surface area contributed by atoms with Crippen LogP contribution in [0.1, 0.15) is 18.7 Å². The number of aryl methyl sites for hydroxylation is 1. The molecule has 7 nitrogen and oxygen atoms in total. The van der Waals surface area contributed by atoms with Crippen molar-refractivity contribution in [2.75, 3.05) is 6.54 Å². The number of aliphatic hydroxyl groups is 1. The molecule has 2 aromatic heterocycles. The normalized spacial score (nSPS) is 13.6. The van der Waals surface area contributed by atoms with Gasteiger partial charge in [-0.15, -0.1) is 0 Å². The zero-order valence-electron chi connectivity index (χ0n) is 14.0. The Balaban J connectivity index is 2.19. The highest BCUT2D eigenvalue weighted by molar-refractivity contribution is 5.69. The number of nitrogens with zero attached hydrogens (tertiary/aromatic N) is 5. The number of aliphatic hydroxyl groups excluding tert-OH is 1. The van der Waals surface area contributed by atoms with Gasteiger partial charge in [0.05, 0.1) is 6.33 Å². The van der Waals surface area contributed by atoms with E-state index in [0.29, 0.717) is 29.6 Å². The first-order valence-electron chi connectivity index (χ1n) is 7.89. The summed E-state index contributed by atoms with van der Waals surface area (Å²) in [4.78, 5) is 21.1. The number of imidazole rings is 1. The number of hydrogen-bond acceptors (Lipinski definition) is 4. The number of hydrogen-bond donors (Lipinski definition) is 1. The number of rotatable bonds is 4. The maximum atomic E-state index is 12.3. The largest absolute Gasteiger partial charge is 0.373 e. The van der Waals surface area contributed by atoms with E-state index >= 15 is 0 Å². The third kappa shape index (κ3) is 2.67. The fraction of sp³-hybridized carbons (Fsp3) is 0.353. The van der Waals surface area contributed by atoms with Crippen LogP contribution in [0.5, 0.6) is 0 Å².